The Balaban J connectivity index is 2.85. The highest BCUT2D eigenvalue weighted by Gasteiger charge is 2.17. The van der Waals surface area contributed by atoms with Gasteiger partial charge in [0.2, 0.25) is 0 Å². The van der Waals surface area contributed by atoms with Crippen molar-refractivity contribution in [2.24, 2.45) is 5.73 Å². The Morgan fingerprint density at radius 3 is 2.69 bits per heavy atom. The van der Waals surface area contributed by atoms with Crippen molar-refractivity contribution in [1.29, 1.82) is 0 Å². The molecule has 6 N–H and O–H groups in total. The minimum absolute atomic E-state index is 0.382. The minimum atomic E-state index is -1.26. The van der Waals surface area contributed by atoms with Crippen LogP contribution in [0, 0.1) is 0 Å². The van der Waals surface area contributed by atoms with Crippen molar-refractivity contribution in [3.8, 4) is 0 Å². The summed E-state index contributed by atoms with van der Waals surface area (Å²) >= 11 is 0. The van der Waals surface area contributed by atoms with E-state index in [1.54, 1.807) is 18.2 Å². The molecular formula is C10H14N2O4. The summed E-state index contributed by atoms with van der Waals surface area (Å²) in [6.07, 6.45) is -2.47. The van der Waals surface area contributed by atoms with Crippen molar-refractivity contribution < 1.29 is 20.1 Å². The molecule has 0 heterocycles. The molecule has 1 rings (SSSR count). The molecule has 2 unspecified atom stereocenters. The summed E-state index contributed by atoms with van der Waals surface area (Å²) < 4.78 is 0. The van der Waals surface area contributed by atoms with Crippen molar-refractivity contribution in [3.05, 3.63) is 29.8 Å². The zero-order valence-corrected chi connectivity index (χ0v) is 8.50. The van der Waals surface area contributed by atoms with E-state index in [9.17, 15) is 15.0 Å². The fourth-order valence-corrected chi connectivity index (χ4v) is 1.26. The Hall–Kier alpha value is -1.63. The number of aliphatic hydroxyl groups excluding tert-OH is 3. The van der Waals surface area contributed by atoms with E-state index in [0.717, 1.165) is 0 Å². The molecule has 16 heavy (non-hydrogen) atoms. The highest BCUT2D eigenvalue weighted by Crippen LogP contribution is 2.20. The quantitative estimate of drug-likeness (QED) is 0.478. The third-order valence-corrected chi connectivity index (χ3v) is 2.05. The normalized spacial score (nSPS) is 14.2. The predicted molar refractivity (Wildman–Crippen MR) is 57.7 cm³/mol. The van der Waals surface area contributed by atoms with Crippen LogP contribution in [0.1, 0.15) is 11.7 Å². The van der Waals surface area contributed by atoms with E-state index in [2.05, 4.69) is 5.32 Å². The molecule has 1 aromatic carbocycles. The zero-order chi connectivity index (χ0) is 12.1. The molecule has 0 aromatic heterocycles. The van der Waals surface area contributed by atoms with Crippen molar-refractivity contribution in [2.75, 3.05) is 11.9 Å². The number of carbonyl (C=O) groups is 1. The third kappa shape index (κ3) is 3.20. The Labute approximate surface area is 92.3 Å². The van der Waals surface area contributed by atoms with E-state index >= 15 is 0 Å². The van der Waals surface area contributed by atoms with Crippen LogP contribution in [-0.4, -0.2) is 34.1 Å². The van der Waals surface area contributed by atoms with Gasteiger partial charge in [0.15, 0.2) is 0 Å². The fraction of sp³-hybridized carbons (Fsp3) is 0.300. The molecule has 0 aliphatic rings. The van der Waals surface area contributed by atoms with Crippen molar-refractivity contribution in [2.45, 2.75) is 12.2 Å². The summed E-state index contributed by atoms with van der Waals surface area (Å²) in [5.41, 5.74) is 5.73. The highest BCUT2D eigenvalue weighted by atomic mass is 16.4. The molecule has 6 nitrogen and oxygen atoms in total. The van der Waals surface area contributed by atoms with Crippen LogP contribution >= 0.6 is 0 Å². The molecule has 2 amide bonds. The second-order valence-corrected chi connectivity index (χ2v) is 3.31. The van der Waals surface area contributed by atoms with Crippen LogP contribution in [0.4, 0.5) is 10.5 Å². The topological polar surface area (TPSA) is 116 Å². The number of carbonyl (C=O) groups excluding carboxylic acids is 1. The summed E-state index contributed by atoms with van der Waals surface area (Å²) in [6, 6.07) is 5.50. The number of urea groups is 1. The van der Waals surface area contributed by atoms with E-state index in [1.165, 1.54) is 6.07 Å². The number of nitrogens with two attached hydrogens (primary N) is 1. The summed E-state index contributed by atoms with van der Waals surface area (Å²) in [5, 5.41) is 29.9. The SMILES string of the molecule is NC(=O)Nc1cccc(C(O)C(O)CO)c1. The smallest absolute Gasteiger partial charge is 0.316 e. The summed E-state index contributed by atoms with van der Waals surface area (Å²) in [4.78, 5) is 10.6. The fourth-order valence-electron chi connectivity index (χ4n) is 1.26. The van der Waals surface area contributed by atoms with Gasteiger partial charge in [-0.15, -0.1) is 0 Å². The van der Waals surface area contributed by atoms with Crippen LogP contribution in [-0.2, 0) is 0 Å². The first-order chi connectivity index (χ1) is 7.54. The van der Waals surface area contributed by atoms with E-state index in [1.807, 2.05) is 0 Å². The number of nitrogens with one attached hydrogen (secondary N) is 1. The molecule has 0 saturated carbocycles. The predicted octanol–water partition coefficient (Wildman–Crippen LogP) is -0.436. The molecule has 0 bridgehead atoms. The van der Waals surface area contributed by atoms with Gasteiger partial charge in [-0.1, -0.05) is 12.1 Å². The molecule has 0 fully saturated rings. The lowest BCUT2D eigenvalue weighted by Crippen LogP contribution is -2.23. The molecule has 0 spiro atoms. The summed E-state index contributed by atoms with van der Waals surface area (Å²) in [5.74, 6) is 0. The summed E-state index contributed by atoms with van der Waals surface area (Å²) in [6.45, 7) is -0.547. The number of rotatable bonds is 4. The average molecular weight is 226 g/mol. The van der Waals surface area contributed by atoms with Gasteiger partial charge in [0.05, 0.1) is 6.61 Å². The van der Waals surface area contributed by atoms with Gasteiger partial charge in [-0.3, -0.25) is 0 Å². The van der Waals surface area contributed by atoms with Crippen LogP contribution in [0.3, 0.4) is 0 Å². The van der Waals surface area contributed by atoms with Crippen molar-refractivity contribution in [1.82, 2.24) is 0 Å². The van der Waals surface area contributed by atoms with Gasteiger partial charge in [-0.05, 0) is 17.7 Å². The monoisotopic (exact) mass is 226 g/mol. The van der Waals surface area contributed by atoms with Gasteiger partial charge >= 0.3 is 6.03 Å². The number of primary amides is 1. The van der Waals surface area contributed by atoms with Crippen LogP contribution in [0.25, 0.3) is 0 Å². The number of amides is 2. The molecule has 6 heteroatoms. The molecule has 0 aliphatic carbocycles. The van der Waals surface area contributed by atoms with E-state index in [0.29, 0.717) is 11.3 Å². The van der Waals surface area contributed by atoms with Gasteiger partial charge in [-0.25, -0.2) is 4.79 Å². The number of hydrogen-bond donors (Lipinski definition) is 5. The second-order valence-electron chi connectivity index (χ2n) is 3.31. The summed E-state index contributed by atoms with van der Waals surface area (Å²) in [7, 11) is 0. The van der Waals surface area contributed by atoms with Crippen LogP contribution in [0.2, 0.25) is 0 Å². The zero-order valence-electron chi connectivity index (χ0n) is 8.50. The van der Waals surface area contributed by atoms with Gasteiger partial charge in [0, 0.05) is 5.69 Å². The number of hydrogen-bond acceptors (Lipinski definition) is 4. The molecule has 88 valence electrons. The second kappa shape index (κ2) is 5.45. The Kier molecular flexibility index (Phi) is 4.24. The Morgan fingerprint density at radius 2 is 2.12 bits per heavy atom. The maximum atomic E-state index is 10.6. The standard InChI is InChI=1S/C10H14N2O4/c11-10(16)12-7-3-1-2-6(4-7)9(15)8(14)5-13/h1-4,8-9,13-15H,5H2,(H3,11,12,16). The Morgan fingerprint density at radius 1 is 1.44 bits per heavy atom. The highest BCUT2D eigenvalue weighted by molar-refractivity contribution is 5.87. The first-order valence-electron chi connectivity index (χ1n) is 4.68. The number of benzene rings is 1. The first-order valence-corrected chi connectivity index (χ1v) is 4.68. The van der Waals surface area contributed by atoms with Gasteiger partial charge < -0.3 is 26.4 Å². The van der Waals surface area contributed by atoms with Gasteiger partial charge in [0.1, 0.15) is 12.2 Å². The van der Waals surface area contributed by atoms with Crippen LogP contribution in [0.5, 0.6) is 0 Å². The van der Waals surface area contributed by atoms with E-state index in [-0.39, 0.29) is 0 Å². The van der Waals surface area contributed by atoms with Crippen LogP contribution < -0.4 is 11.1 Å². The van der Waals surface area contributed by atoms with Gasteiger partial charge in [0.25, 0.3) is 0 Å². The molecule has 0 radical (unpaired) electrons. The Bertz CT molecular complexity index is 370. The average Bonchev–Trinajstić information content (AvgIpc) is 2.26. The first kappa shape index (κ1) is 12.4. The lowest BCUT2D eigenvalue weighted by Gasteiger charge is -2.16. The van der Waals surface area contributed by atoms with Crippen molar-refractivity contribution in [3.63, 3.8) is 0 Å². The number of aliphatic hydroxyl groups is 3. The lowest BCUT2D eigenvalue weighted by molar-refractivity contribution is -0.0152. The molecule has 0 saturated heterocycles. The molecule has 0 aliphatic heterocycles. The molecule has 2 atom stereocenters. The third-order valence-electron chi connectivity index (χ3n) is 2.05. The minimum Gasteiger partial charge on any atom is -0.394 e. The number of anilines is 1. The maximum Gasteiger partial charge on any atom is 0.316 e. The van der Waals surface area contributed by atoms with E-state index < -0.39 is 24.8 Å². The lowest BCUT2D eigenvalue weighted by atomic mass is 10.0. The van der Waals surface area contributed by atoms with Crippen molar-refractivity contribution >= 4 is 11.7 Å². The van der Waals surface area contributed by atoms with Gasteiger partial charge in [-0.2, -0.15) is 0 Å². The van der Waals surface area contributed by atoms with Crippen LogP contribution in [0.15, 0.2) is 24.3 Å². The van der Waals surface area contributed by atoms with E-state index in [4.69, 9.17) is 10.8 Å². The molecule has 1 aromatic rings. The largest absolute Gasteiger partial charge is 0.394 e. The molecular weight excluding hydrogens is 212 g/mol. The maximum absolute atomic E-state index is 10.6.